The maximum Gasteiger partial charge on any atom is 0.151 e. The molecule has 98 valence electrons. The highest BCUT2D eigenvalue weighted by Gasteiger charge is 2.29. The Balaban J connectivity index is 2.03. The van der Waals surface area contributed by atoms with E-state index in [2.05, 4.69) is 29.0 Å². The van der Waals surface area contributed by atoms with Gasteiger partial charge in [0.05, 0.1) is 27.5 Å². The molecular formula is C16H13N3S. The third kappa shape index (κ3) is 1.67. The molecular weight excluding hydrogens is 266 g/mol. The molecule has 1 aliphatic rings. The molecule has 0 bridgehead atoms. The van der Waals surface area contributed by atoms with Crippen LogP contribution in [0.4, 0.5) is 0 Å². The van der Waals surface area contributed by atoms with Crippen LogP contribution in [0.15, 0.2) is 29.6 Å². The fraction of sp³-hybridized carbons (Fsp3) is 0.250. The molecule has 20 heavy (non-hydrogen) atoms. The van der Waals surface area contributed by atoms with Gasteiger partial charge in [-0.05, 0) is 55.0 Å². The number of nitriles is 1. The van der Waals surface area contributed by atoms with E-state index in [1.807, 2.05) is 18.2 Å². The maximum atomic E-state index is 9.04. The summed E-state index contributed by atoms with van der Waals surface area (Å²) in [4.78, 5) is 6.05. The van der Waals surface area contributed by atoms with Crippen LogP contribution in [0.2, 0.25) is 0 Å². The van der Waals surface area contributed by atoms with Gasteiger partial charge >= 0.3 is 0 Å². The second kappa shape index (κ2) is 4.19. The van der Waals surface area contributed by atoms with Crippen molar-refractivity contribution in [2.45, 2.75) is 25.8 Å². The number of thiophene rings is 1. The van der Waals surface area contributed by atoms with E-state index >= 15 is 0 Å². The average molecular weight is 279 g/mol. The topological polar surface area (TPSA) is 41.6 Å². The number of aryl methyl sites for hydroxylation is 1. The average Bonchev–Trinajstić information content (AvgIpc) is 3.10. The number of aromatic nitrogens is 2. The third-order valence-electron chi connectivity index (χ3n) is 3.80. The van der Waals surface area contributed by atoms with Gasteiger partial charge < -0.3 is 4.57 Å². The van der Waals surface area contributed by atoms with Crippen molar-refractivity contribution in [1.29, 1.82) is 5.26 Å². The van der Waals surface area contributed by atoms with Gasteiger partial charge in [0.2, 0.25) is 0 Å². The Morgan fingerprint density at radius 2 is 2.20 bits per heavy atom. The molecule has 0 aliphatic heterocycles. The monoisotopic (exact) mass is 279 g/mol. The molecule has 2 aromatic heterocycles. The van der Waals surface area contributed by atoms with Gasteiger partial charge in [-0.1, -0.05) is 0 Å². The third-order valence-corrected chi connectivity index (χ3v) is 4.81. The summed E-state index contributed by atoms with van der Waals surface area (Å²) in [6.07, 6.45) is 2.45. The lowest BCUT2D eigenvalue weighted by atomic mass is 10.2. The highest BCUT2D eigenvalue weighted by atomic mass is 32.1. The second-order valence-corrected chi connectivity index (χ2v) is 6.20. The van der Waals surface area contributed by atoms with E-state index in [1.165, 1.54) is 23.3 Å². The van der Waals surface area contributed by atoms with Crippen molar-refractivity contribution < 1.29 is 0 Å². The molecule has 0 unspecified atom stereocenters. The first-order valence-electron chi connectivity index (χ1n) is 6.74. The van der Waals surface area contributed by atoms with Crippen molar-refractivity contribution in [3.8, 4) is 16.8 Å². The maximum absolute atomic E-state index is 9.04. The minimum atomic E-state index is 0.574. The first kappa shape index (κ1) is 11.7. The quantitative estimate of drug-likeness (QED) is 0.702. The zero-order chi connectivity index (χ0) is 13.7. The van der Waals surface area contributed by atoms with Gasteiger partial charge in [0.15, 0.2) is 5.82 Å². The lowest BCUT2D eigenvalue weighted by molar-refractivity contribution is 0.776. The smallest absolute Gasteiger partial charge is 0.151 e. The number of hydrogen-bond acceptors (Lipinski definition) is 3. The molecule has 0 radical (unpaired) electrons. The van der Waals surface area contributed by atoms with E-state index < -0.39 is 0 Å². The summed E-state index contributed by atoms with van der Waals surface area (Å²) < 4.78 is 2.36. The molecule has 1 aromatic carbocycles. The molecule has 1 fully saturated rings. The van der Waals surface area contributed by atoms with Crippen LogP contribution in [-0.4, -0.2) is 9.55 Å². The van der Waals surface area contributed by atoms with Gasteiger partial charge in [0, 0.05) is 6.04 Å². The molecule has 1 saturated carbocycles. The van der Waals surface area contributed by atoms with Crippen LogP contribution >= 0.6 is 11.3 Å². The zero-order valence-electron chi connectivity index (χ0n) is 11.1. The molecule has 0 amide bonds. The predicted octanol–water partition coefficient (Wildman–Crippen LogP) is 4.28. The largest absolute Gasteiger partial charge is 0.320 e. The van der Waals surface area contributed by atoms with Crippen molar-refractivity contribution in [1.82, 2.24) is 9.55 Å². The Morgan fingerprint density at radius 1 is 1.35 bits per heavy atom. The van der Waals surface area contributed by atoms with Crippen LogP contribution in [-0.2, 0) is 0 Å². The van der Waals surface area contributed by atoms with E-state index in [9.17, 15) is 0 Å². The molecule has 0 saturated heterocycles. The molecule has 3 nitrogen and oxygen atoms in total. The summed E-state index contributed by atoms with van der Waals surface area (Å²) in [5, 5.41) is 11.2. The minimum absolute atomic E-state index is 0.574. The highest BCUT2D eigenvalue weighted by Crippen LogP contribution is 2.42. The zero-order valence-corrected chi connectivity index (χ0v) is 11.9. The number of nitrogens with zero attached hydrogens (tertiary/aromatic N) is 3. The van der Waals surface area contributed by atoms with Crippen molar-refractivity contribution >= 4 is 22.4 Å². The lowest BCUT2D eigenvalue weighted by Gasteiger charge is -2.06. The van der Waals surface area contributed by atoms with Crippen LogP contribution in [0.1, 0.15) is 30.0 Å². The molecule has 3 aromatic rings. The van der Waals surface area contributed by atoms with Crippen molar-refractivity contribution in [3.05, 3.63) is 40.8 Å². The second-order valence-electron chi connectivity index (χ2n) is 5.28. The number of hydrogen-bond donors (Lipinski definition) is 0. The summed E-state index contributed by atoms with van der Waals surface area (Å²) in [5.41, 5.74) is 4.02. The van der Waals surface area contributed by atoms with E-state index in [0.717, 1.165) is 16.9 Å². The van der Waals surface area contributed by atoms with Gasteiger partial charge in [0.1, 0.15) is 0 Å². The Hall–Kier alpha value is -2.12. The Morgan fingerprint density at radius 3 is 2.85 bits per heavy atom. The van der Waals surface area contributed by atoms with Crippen molar-refractivity contribution in [2.75, 3.05) is 0 Å². The number of imidazole rings is 1. The predicted molar refractivity (Wildman–Crippen MR) is 80.8 cm³/mol. The van der Waals surface area contributed by atoms with Gasteiger partial charge in [-0.2, -0.15) is 5.26 Å². The summed E-state index contributed by atoms with van der Waals surface area (Å²) in [6.45, 7) is 2.13. The van der Waals surface area contributed by atoms with Crippen molar-refractivity contribution in [3.63, 3.8) is 0 Å². The summed E-state index contributed by atoms with van der Waals surface area (Å²) in [6, 6.07) is 10.7. The van der Waals surface area contributed by atoms with Crippen LogP contribution < -0.4 is 0 Å². The van der Waals surface area contributed by atoms with E-state index in [0.29, 0.717) is 11.6 Å². The lowest BCUT2D eigenvalue weighted by Crippen LogP contribution is -1.96. The molecule has 1 aliphatic carbocycles. The normalized spacial score (nSPS) is 14.6. The molecule has 0 atom stereocenters. The Bertz CT molecular complexity index is 846. The fourth-order valence-electron chi connectivity index (χ4n) is 2.63. The van der Waals surface area contributed by atoms with Crippen LogP contribution in [0.5, 0.6) is 0 Å². The first-order valence-corrected chi connectivity index (χ1v) is 7.62. The Kier molecular flexibility index (Phi) is 2.45. The highest BCUT2D eigenvalue weighted by molar-refractivity contribution is 7.13. The SMILES string of the molecule is Cc1ccsc1-c1nc2cc(C#N)ccc2n1C1CC1. The molecule has 4 heteroatoms. The summed E-state index contributed by atoms with van der Waals surface area (Å²) in [5.74, 6) is 1.06. The molecule has 0 spiro atoms. The van der Waals surface area contributed by atoms with Crippen LogP contribution in [0.25, 0.3) is 21.7 Å². The van der Waals surface area contributed by atoms with Gasteiger partial charge in [-0.15, -0.1) is 11.3 Å². The summed E-state index contributed by atoms with van der Waals surface area (Å²) in [7, 11) is 0. The van der Waals surface area contributed by atoms with E-state index in [-0.39, 0.29) is 0 Å². The van der Waals surface area contributed by atoms with Crippen LogP contribution in [0, 0.1) is 18.3 Å². The first-order chi connectivity index (χ1) is 9.78. The van der Waals surface area contributed by atoms with Crippen LogP contribution in [0.3, 0.4) is 0 Å². The molecule has 0 N–H and O–H groups in total. The standard InChI is InChI=1S/C16H13N3S/c1-10-6-7-20-15(10)16-18-13-8-11(9-17)2-5-14(13)19(16)12-3-4-12/h2,5-8,12H,3-4H2,1H3. The fourth-order valence-corrected chi connectivity index (χ4v) is 3.54. The molecule has 2 heterocycles. The number of fused-ring (bicyclic) bond motifs is 1. The Labute approximate surface area is 121 Å². The van der Waals surface area contributed by atoms with Gasteiger partial charge in [-0.25, -0.2) is 4.98 Å². The summed E-state index contributed by atoms with van der Waals surface area (Å²) >= 11 is 1.74. The number of benzene rings is 1. The number of rotatable bonds is 2. The van der Waals surface area contributed by atoms with Gasteiger partial charge in [-0.3, -0.25) is 0 Å². The molecule has 4 rings (SSSR count). The van der Waals surface area contributed by atoms with Crippen molar-refractivity contribution in [2.24, 2.45) is 0 Å². The van der Waals surface area contributed by atoms with E-state index in [4.69, 9.17) is 10.2 Å². The van der Waals surface area contributed by atoms with Gasteiger partial charge in [0.25, 0.3) is 0 Å². The minimum Gasteiger partial charge on any atom is -0.320 e. The van der Waals surface area contributed by atoms with E-state index in [1.54, 1.807) is 11.3 Å².